The van der Waals surface area contributed by atoms with Crippen LogP contribution in [0.25, 0.3) is 0 Å². The lowest BCUT2D eigenvalue weighted by Gasteiger charge is -2.41. The summed E-state index contributed by atoms with van der Waals surface area (Å²) in [7, 11) is 0. The third-order valence-corrected chi connectivity index (χ3v) is 4.98. The third kappa shape index (κ3) is 7.31. The number of amides is 2. The van der Waals surface area contributed by atoms with Crippen molar-refractivity contribution in [3.8, 4) is 0 Å². The highest BCUT2D eigenvalue weighted by Crippen LogP contribution is 2.14. The summed E-state index contributed by atoms with van der Waals surface area (Å²) in [5.74, 6) is -0.318. The molecule has 0 aliphatic carbocycles. The molecule has 1 saturated heterocycles. The molecule has 1 fully saturated rings. The van der Waals surface area contributed by atoms with Gasteiger partial charge in [-0.05, 0) is 24.6 Å². The minimum atomic E-state index is -0.755. The molecule has 0 aromatic carbocycles. The molecule has 0 bridgehead atoms. The van der Waals surface area contributed by atoms with Gasteiger partial charge in [-0.3, -0.25) is 24.4 Å². The molecule has 9 heteroatoms. The Hall–Kier alpha value is -1.81. The molecule has 1 aromatic rings. The first kappa shape index (κ1) is 22.5. The Labute approximate surface area is 174 Å². The standard InChI is InChI=1S/C19H28BrN5O3/c1-14(2)23-19(28)17-13-24(11-15-3-5-21-6-4-15)7-8-25(17)12-16(26)10-22-18(27)9-20/h3-6,16-17,26H,1,7-13H2,2H3,(H,22,27)(H,23,28)/t16?,17-/m0/s1. The van der Waals surface area contributed by atoms with Gasteiger partial charge in [0.2, 0.25) is 11.8 Å². The number of β-amino-alcohol motifs (C(OH)–C–C–N with tert-alkyl or cyclic N) is 1. The number of carbonyl (C=O) groups is 2. The van der Waals surface area contributed by atoms with Crippen molar-refractivity contribution in [3.05, 3.63) is 42.4 Å². The molecule has 3 N–H and O–H groups in total. The summed E-state index contributed by atoms with van der Waals surface area (Å²) >= 11 is 3.07. The molecule has 0 radical (unpaired) electrons. The van der Waals surface area contributed by atoms with Gasteiger partial charge in [-0.2, -0.15) is 0 Å². The predicted octanol–water partition coefficient (Wildman–Crippen LogP) is 0.0896. The maximum absolute atomic E-state index is 12.7. The van der Waals surface area contributed by atoms with Gasteiger partial charge in [0.05, 0.1) is 11.4 Å². The van der Waals surface area contributed by atoms with Crippen LogP contribution in [-0.2, 0) is 16.1 Å². The molecule has 2 heterocycles. The van der Waals surface area contributed by atoms with Crippen LogP contribution in [0.15, 0.2) is 36.8 Å². The molecule has 0 spiro atoms. The molecule has 1 unspecified atom stereocenters. The average molecular weight is 454 g/mol. The monoisotopic (exact) mass is 453 g/mol. The van der Waals surface area contributed by atoms with Crippen LogP contribution in [0.5, 0.6) is 0 Å². The number of aliphatic hydroxyl groups is 1. The van der Waals surface area contributed by atoms with Crippen molar-refractivity contribution in [3.63, 3.8) is 0 Å². The number of hydrogen-bond donors (Lipinski definition) is 3. The number of aliphatic hydroxyl groups excluding tert-OH is 1. The number of allylic oxidation sites excluding steroid dienone is 1. The van der Waals surface area contributed by atoms with E-state index >= 15 is 0 Å². The second kappa shape index (κ2) is 11.3. The van der Waals surface area contributed by atoms with E-state index in [9.17, 15) is 14.7 Å². The number of nitrogens with one attached hydrogen (secondary N) is 2. The lowest BCUT2D eigenvalue weighted by Crippen LogP contribution is -2.60. The molecular weight excluding hydrogens is 426 g/mol. The lowest BCUT2D eigenvalue weighted by molar-refractivity contribution is -0.129. The zero-order chi connectivity index (χ0) is 20.5. The fourth-order valence-electron chi connectivity index (χ4n) is 3.14. The smallest absolute Gasteiger partial charge is 0.242 e. The maximum atomic E-state index is 12.7. The third-order valence-electron chi connectivity index (χ3n) is 4.47. The van der Waals surface area contributed by atoms with Crippen molar-refractivity contribution in [1.82, 2.24) is 25.4 Å². The van der Waals surface area contributed by atoms with Gasteiger partial charge in [0.25, 0.3) is 0 Å². The summed E-state index contributed by atoms with van der Waals surface area (Å²) in [5.41, 5.74) is 1.72. The Morgan fingerprint density at radius 2 is 2.11 bits per heavy atom. The van der Waals surface area contributed by atoms with Gasteiger partial charge in [-0.15, -0.1) is 0 Å². The Kier molecular flexibility index (Phi) is 9.04. The fraction of sp³-hybridized carbons (Fsp3) is 0.526. The van der Waals surface area contributed by atoms with Gasteiger partial charge in [0.1, 0.15) is 6.04 Å². The topological polar surface area (TPSA) is 97.8 Å². The van der Waals surface area contributed by atoms with Crippen LogP contribution in [0, 0.1) is 0 Å². The summed E-state index contributed by atoms with van der Waals surface area (Å²) < 4.78 is 0. The normalized spacial score (nSPS) is 19.0. The van der Waals surface area contributed by atoms with E-state index in [2.05, 4.69) is 43.0 Å². The van der Waals surface area contributed by atoms with Crippen molar-refractivity contribution in [2.24, 2.45) is 0 Å². The van der Waals surface area contributed by atoms with Crippen LogP contribution >= 0.6 is 15.9 Å². The minimum absolute atomic E-state index is 0.136. The van der Waals surface area contributed by atoms with Crippen LogP contribution in [0.3, 0.4) is 0 Å². The number of piperazine rings is 1. The lowest BCUT2D eigenvalue weighted by atomic mass is 10.1. The van der Waals surface area contributed by atoms with E-state index < -0.39 is 12.1 Å². The highest BCUT2D eigenvalue weighted by atomic mass is 79.9. The molecule has 1 aliphatic heterocycles. The Morgan fingerprint density at radius 1 is 1.39 bits per heavy atom. The molecule has 2 rings (SSSR count). The summed E-state index contributed by atoms with van der Waals surface area (Å²) in [5, 5.41) is 15.9. The number of carbonyl (C=O) groups excluding carboxylic acids is 2. The molecule has 1 aromatic heterocycles. The first-order chi connectivity index (χ1) is 13.4. The highest BCUT2D eigenvalue weighted by molar-refractivity contribution is 9.09. The van der Waals surface area contributed by atoms with E-state index in [0.717, 1.165) is 18.7 Å². The number of pyridine rings is 1. The van der Waals surface area contributed by atoms with Crippen LogP contribution < -0.4 is 10.6 Å². The summed E-state index contributed by atoms with van der Waals surface area (Å²) in [6.45, 7) is 8.64. The van der Waals surface area contributed by atoms with Gasteiger partial charge < -0.3 is 15.7 Å². The van der Waals surface area contributed by atoms with Crippen LogP contribution in [0.4, 0.5) is 0 Å². The largest absolute Gasteiger partial charge is 0.390 e. The van der Waals surface area contributed by atoms with E-state index in [1.165, 1.54) is 0 Å². The number of nitrogens with zero attached hydrogens (tertiary/aromatic N) is 3. The van der Waals surface area contributed by atoms with E-state index in [0.29, 0.717) is 25.3 Å². The Balaban J connectivity index is 1.99. The minimum Gasteiger partial charge on any atom is -0.390 e. The number of hydrogen-bond acceptors (Lipinski definition) is 6. The van der Waals surface area contributed by atoms with Crippen LogP contribution in [-0.4, -0.2) is 81.9 Å². The molecule has 28 heavy (non-hydrogen) atoms. The van der Waals surface area contributed by atoms with Crippen molar-refractivity contribution in [1.29, 1.82) is 0 Å². The predicted molar refractivity (Wildman–Crippen MR) is 111 cm³/mol. The summed E-state index contributed by atoms with van der Waals surface area (Å²) in [4.78, 5) is 32.3. The van der Waals surface area contributed by atoms with E-state index in [4.69, 9.17) is 0 Å². The van der Waals surface area contributed by atoms with Crippen molar-refractivity contribution >= 4 is 27.7 Å². The molecule has 2 amide bonds. The average Bonchev–Trinajstić information content (AvgIpc) is 2.67. The highest BCUT2D eigenvalue weighted by Gasteiger charge is 2.33. The first-order valence-electron chi connectivity index (χ1n) is 9.21. The van der Waals surface area contributed by atoms with E-state index in [-0.39, 0.29) is 23.7 Å². The van der Waals surface area contributed by atoms with E-state index in [1.54, 1.807) is 19.3 Å². The van der Waals surface area contributed by atoms with Crippen molar-refractivity contribution in [2.45, 2.75) is 25.6 Å². The Bertz CT molecular complexity index is 673. The number of alkyl halides is 1. The molecule has 1 aliphatic rings. The van der Waals surface area contributed by atoms with Crippen LogP contribution in [0.2, 0.25) is 0 Å². The van der Waals surface area contributed by atoms with Gasteiger partial charge >= 0.3 is 0 Å². The molecule has 8 nitrogen and oxygen atoms in total. The molecule has 154 valence electrons. The number of aromatic nitrogens is 1. The fourth-order valence-corrected chi connectivity index (χ4v) is 3.34. The second-order valence-corrected chi connectivity index (χ2v) is 7.52. The number of halogens is 1. The Morgan fingerprint density at radius 3 is 2.75 bits per heavy atom. The quantitative estimate of drug-likeness (QED) is 0.458. The second-order valence-electron chi connectivity index (χ2n) is 6.96. The van der Waals surface area contributed by atoms with Gasteiger partial charge in [-0.1, -0.05) is 22.5 Å². The van der Waals surface area contributed by atoms with Crippen molar-refractivity contribution < 1.29 is 14.7 Å². The van der Waals surface area contributed by atoms with Crippen molar-refractivity contribution in [2.75, 3.05) is 38.1 Å². The summed E-state index contributed by atoms with van der Waals surface area (Å²) in [6.07, 6.45) is 2.76. The van der Waals surface area contributed by atoms with Gasteiger partial charge in [0.15, 0.2) is 0 Å². The van der Waals surface area contributed by atoms with Gasteiger partial charge in [-0.25, -0.2) is 0 Å². The zero-order valence-corrected chi connectivity index (χ0v) is 17.7. The van der Waals surface area contributed by atoms with Gasteiger partial charge in [0, 0.05) is 57.4 Å². The maximum Gasteiger partial charge on any atom is 0.242 e. The number of rotatable bonds is 9. The first-order valence-corrected chi connectivity index (χ1v) is 10.3. The zero-order valence-electron chi connectivity index (χ0n) is 16.1. The SMILES string of the molecule is C=C(C)NC(=O)[C@@H]1CN(Cc2ccncc2)CCN1CC(O)CNC(=O)CBr. The molecular formula is C19H28BrN5O3. The summed E-state index contributed by atoms with van der Waals surface area (Å²) in [6, 6.07) is 3.52. The van der Waals surface area contributed by atoms with Crippen LogP contribution in [0.1, 0.15) is 12.5 Å². The molecule has 2 atom stereocenters. The van der Waals surface area contributed by atoms with E-state index in [1.807, 2.05) is 17.0 Å². The molecule has 0 saturated carbocycles.